The summed E-state index contributed by atoms with van der Waals surface area (Å²) in [5.41, 5.74) is 2.98. The Labute approximate surface area is 205 Å². The molecule has 0 aromatic heterocycles. The Morgan fingerprint density at radius 2 is 1.74 bits per heavy atom. The van der Waals surface area contributed by atoms with E-state index in [1.807, 2.05) is 43.3 Å². The van der Waals surface area contributed by atoms with Gasteiger partial charge in [0.1, 0.15) is 17.8 Å². The van der Waals surface area contributed by atoms with Crippen molar-refractivity contribution < 1.29 is 14.3 Å². The Hall–Kier alpha value is -4.43. The second kappa shape index (κ2) is 11.1. The van der Waals surface area contributed by atoms with E-state index < -0.39 is 0 Å². The fraction of sp³-hybridized carbons (Fsp3) is 0.167. The molecule has 4 rings (SSSR count). The van der Waals surface area contributed by atoms with Gasteiger partial charge in [-0.25, -0.2) is 0 Å². The number of hydrogen-bond acceptors (Lipinski definition) is 4. The van der Waals surface area contributed by atoms with Crippen LogP contribution in [-0.4, -0.2) is 12.2 Å². The van der Waals surface area contributed by atoms with Crippen LogP contribution in [0.25, 0.3) is 10.8 Å². The Kier molecular flexibility index (Phi) is 7.54. The number of aryl methyl sites for hydroxylation is 1. The topological polar surface area (TPSA) is 79.2 Å². The molecule has 0 spiro atoms. The first kappa shape index (κ1) is 23.7. The van der Waals surface area contributed by atoms with Crippen molar-refractivity contribution in [3.8, 4) is 17.6 Å². The molecule has 0 aliphatic heterocycles. The highest BCUT2D eigenvalue weighted by atomic mass is 16.5. The molecule has 174 valence electrons. The van der Waals surface area contributed by atoms with Crippen LogP contribution in [0.3, 0.4) is 0 Å². The van der Waals surface area contributed by atoms with E-state index >= 15 is 0 Å². The monoisotopic (exact) mass is 462 g/mol. The van der Waals surface area contributed by atoms with Gasteiger partial charge < -0.3 is 14.8 Å². The third-order valence-corrected chi connectivity index (χ3v) is 5.95. The summed E-state index contributed by atoms with van der Waals surface area (Å²) in [5, 5.41) is 14.4. The van der Waals surface area contributed by atoms with Crippen LogP contribution in [0.2, 0.25) is 0 Å². The summed E-state index contributed by atoms with van der Waals surface area (Å²) in [7, 11) is 0. The second-order valence-corrected chi connectivity index (χ2v) is 8.38. The van der Waals surface area contributed by atoms with Gasteiger partial charge in [0, 0.05) is 12.0 Å². The molecule has 0 aliphatic carbocycles. The number of amides is 1. The molecule has 5 nitrogen and oxygen atoms in total. The number of rotatable bonds is 9. The number of nitrogens with zero attached hydrogens (tertiary/aromatic N) is 1. The van der Waals surface area contributed by atoms with E-state index in [-0.39, 0.29) is 11.9 Å². The lowest BCUT2D eigenvalue weighted by molar-refractivity contribution is -0.107. The number of hydrogen-bond donors (Lipinski definition) is 1. The maximum absolute atomic E-state index is 13.4. The van der Waals surface area contributed by atoms with Crippen molar-refractivity contribution >= 4 is 23.0 Å². The standard InChI is InChI=1S/C30H26N2O3/c1-21(27-11-6-9-23-7-2-3-10-28(23)27)32-30(34)29-19-26(17-14-24(29)8-4-5-18-33)35-25-15-12-22(20-31)13-16-25/h2-3,6-7,9-19,21H,4-5,8H2,1H3,(H,32,34)/t21-/m1/s1. The third kappa shape index (κ3) is 5.74. The van der Waals surface area contributed by atoms with E-state index in [1.54, 1.807) is 30.3 Å². The van der Waals surface area contributed by atoms with E-state index in [0.29, 0.717) is 41.9 Å². The Balaban J connectivity index is 1.60. The number of carbonyl (C=O) groups is 2. The molecule has 4 aromatic rings. The first-order valence-corrected chi connectivity index (χ1v) is 11.6. The lowest BCUT2D eigenvalue weighted by atomic mass is 9.98. The van der Waals surface area contributed by atoms with E-state index in [0.717, 1.165) is 28.2 Å². The van der Waals surface area contributed by atoms with Gasteiger partial charge in [-0.15, -0.1) is 0 Å². The summed E-state index contributed by atoms with van der Waals surface area (Å²) >= 11 is 0. The number of unbranched alkanes of at least 4 members (excludes halogenated alkanes) is 1. The fourth-order valence-electron chi connectivity index (χ4n) is 4.14. The molecule has 1 atom stereocenters. The van der Waals surface area contributed by atoms with Gasteiger partial charge in [0.2, 0.25) is 0 Å². The molecule has 35 heavy (non-hydrogen) atoms. The minimum atomic E-state index is -0.209. The molecule has 1 N–H and O–H groups in total. The molecule has 0 aliphatic rings. The van der Waals surface area contributed by atoms with Crippen LogP contribution in [0.4, 0.5) is 0 Å². The fourth-order valence-corrected chi connectivity index (χ4v) is 4.14. The van der Waals surface area contributed by atoms with Gasteiger partial charge in [-0.05, 0) is 78.1 Å². The van der Waals surface area contributed by atoms with Crippen LogP contribution in [0, 0.1) is 11.3 Å². The molecule has 0 radical (unpaired) electrons. The van der Waals surface area contributed by atoms with Gasteiger partial charge in [-0.2, -0.15) is 5.26 Å². The van der Waals surface area contributed by atoms with Crippen molar-refractivity contribution in [3.63, 3.8) is 0 Å². The summed E-state index contributed by atoms with van der Waals surface area (Å²) < 4.78 is 5.95. The van der Waals surface area contributed by atoms with Gasteiger partial charge >= 0.3 is 0 Å². The van der Waals surface area contributed by atoms with Crippen molar-refractivity contribution in [2.45, 2.75) is 32.2 Å². The predicted molar refractivity (Wildman–Crippen MR) is 137 cm³/mol. The highest BCUT2D eigenvalue weighted by Crippen LogP contribution is 2.27. The molecule has 0 heterocycles. The van der Waals surface area contributed by atoms with Gasteiger partial charge in [0.15, 0.2) is 0 Å². The lowest BCUT2D eigenvalue weighted by Gasteiger charge is -2.18. The van der Waals surface area contributed by atoms with Crippen molar-refractivity contribution in [3.05, 3.63) is 107 Å². The molecule has 1 amide bonds. The third-order valence-electron chi connectivity index (χ3n) is 5.95. The molecule has 0 saturated carbocycles. The van der Waals surface area contributed by atoms with Crippen molar-refractivity contribution in [2.24, 2.45) is 0 Å². The zero-order valence-electron chi connectivity index (χ0n) is 19.5. The maximum atomic E-state index is 13.4. The van der Waals surface area contributed by atoms with Gasteiger partial charge in [-0.3, -0.25) is 4.79 Å². The second-order valence-electron chi connectivity index (χ2n) is 8.38. The smallest absolute Gasteiger partial charge is 0.252 e. The normalized spacial score (nSPS) is 11.4. The number of ether oxygens (including phenoxy) is 1. The average Bonchev–Trinajstić information content (AvgIpc) is 2.89. The lowest BCUT2D eigenvalue weighted by Crippen LogP contribution is -2.27. The summed E-state index contributed by atoms with van der Waals surface area (Å²) in [6, 6.07) is 28.3. The quantitative estimate of drug-likeness (QED) is 0.227. The number of carbonyl (C=O) groups excluding carboxylic acids is 2. The van der Waals surface area contributed by atoms with E-state index in [4.69, 9.17) is 10.00 Å². The highest BCUT2D eigenvalue weighted by Gasteiger charge is 2.17. The molecule has 0 unspecified atom stereocenters. The summed E-state index contributed by atoms with van der Waals surface area (Å²) in [6.07, 6.45) is 2.61. The molecule has 5 heteroatoms. The Morgan fingerprint density at radius 3 is 2.51 bits per heavy atom. The van der Waals surface area contributed by atoms with Gasteiger partial charge in [-0.1, -0.05) is 48.5 Å². The van der Waals surface area contributed by atoms with Crippen molar-refractivity contribution in [2.75, 3.05) is 0 Å². The zero-order valence-corrected chi connectivity index (χ0v) is 19.5. The molecule has 0 fully saturated rings. The predicted octanol–water partition coefficient (Wildman–Crippen LogP) is 6.52. The summed E-state index contributed by atoms with van der Waals surface area (Å²) in [5.74, 6) is 0.904. The van der Waals surface area contributed by atoms with Gasteiger partial charge in [0.25, 0.3) is 5.91 Å². The Morgan fingerprint density at radius 1 is 1.00 bits per heavy atom. The van der Waals surface area contributed by atoms with Crippen molar-refractivity contribution in [1.29, 1.82) is 5.26 Å². The highest BCUT2D eigenvalue weighted by molar-refractivity contribution is 5.97. The molecular formula is C30H26N2O3. The zero-order chi connectivity index (χ0) is 24.6. The first-order valence-electron chi connectivity index (χ1n) is 11.6. The minimum Gasteiger partial charge on any atom is -0.457 e. The minimum absolute atomic E-state index is 0.197. The van der Waals surface area contributed by atoms with E-state index in [9.17, 15) is 9.59 Å². The van der Waals surface area contributed by atoms with Crippen LogP contribution >= 0.6 is 0 Å². The van der Waals surface area contributed by atoms with Crippen LogP contribution in [-0.2, 0) is 11.2 Å². The number of fused-ring (bicyclic) bond motifs is 1. The first-order chi connectivity index (χ1) is 17.1. The molecule has 0 bridgehead atoms. The number of aldehydes is 1. The average molecular weight is 463 g/mol. The van der Waals surface area contributed by atoms with E-state index in [2.05, 4.69) is 29.6 Å². The molecular weight excluding hydrogens is 436 g/mol. The number of nitriles is 1. The van der Waals surface area contributed by atoms with E-state index in [1.165, 1.54) is 0 Å². The number of benzene rings is 4. The van der Waals surface area contributed by atoms with Crippen LogP contribution in [0.15, 0.2) is 84.9 Å². The molecule has 4 aromatic carbocycles. The van der Waals surface area contributed by atoms with Crippen LogP contribution in [0.5, 0.6) is 11.5 Å². The summed E-state index contributed by atoms with van der Waals surface area (Å²) in [4.78, 5) is 24.2. The van der Waals surface area contributed by atoms with Gasteiger partial charge in [0.05, 0.1) is 17.7 Å². The van der Waals surface area contributed by atoms with Crippen LogP contribution in [0.1, 0.15) is 52.9 Å². The van der Waals surface area contributed by atoms with Crippen molar-refractivity contribution in [1.82, 2.24) is 5.32 Å². The van der Waals surface area contributed by atoms with Crippen LogP contribution < -0.4 is 10.1 Å². The SMILES string of the molecule is C[C@@H](NC(=O)c1cc(Oc2ccc(C#N)cc2)ccc1CCCC=O)c1cccc2ccccc12. The largest absolute Gasteiger partial charge is 0.457 e. The summed E-state index contributed by atoms with van der Waals surface area (Å²) in [6.45, 7) is 1.98. The number of nitrogens with one attached hydrogen (secondary N) is 1. The Bertz CT molecular complexity index is 1380. The molecule has 0 saturated heterocycles. The maximum Gasteiger partial charge on any atom is 0.252 e.